The van der Waals surface area contributed by atoms with Gasteiger partial charge < -0.3 is 5.32 Å². The predicted octanol–water partition coefficient (Wildman–Crippen LogP) is 5.38. The first-order valence-electron chi connectivity index (χ1n) is 6.51. The first kappa shape index (κ1) is 18.0. The van der Waals surface area contributed by atoms with E-state index in [0.29, 0.717) is 16.6 Å². The number of carbonyl (C=O) groups excluding carboxylic acids is 1. The van der Waals surface area contributed by atoms with Crippen LogP contribution in [0.2, 0.25) is 0 Å². The zero-order valence-corrected chi connectivity index (χ0v) is 13.6. The molecule has 0 aliphatic carbocycles. The van der Waals surface area contributed by atoms with Crippen molar-refractivity contribution < 1.29 is 18.0 Å². The number of halogens is 4. The molecule has 0 spiro atoms. The highest BCUT2D eigenvalue weighted by molar-refractivity contribution is 7.14. The number of thiophene rings is 1. The summed E-state index contributed by atoms with van der Waals surface area (Å²) in [6, 6.07) is 8.91. The van der Waals surface area contributed by atoms with Crippen LogP contribution >= 0.6 is 23.7 Å². The molecule has 0 radical (unpaired) electrons. The Labute approximate surface area is 145 Å². The molecule has 3 rings (SSSR count). The van der Waals surface area contributed by atoms with E-state index in [2.05, 4.69) is 15.6 Å². The molecule has 2 amide bonds. The second kappa shape index (κ2) is 7.06. The number of para-hydroxylation sites is 1. The van der Waals surface area contributed by atoms with Crippen LogP contribution in [0.1, 0.15) is 5.56 Å². The number of nitrogens with zero attached hydrogens (tertiary/aromatic N) is 1. The minimum absolute atomic E-state index is 0. The summed E-state index contributed by atoms with van der Waals surface area (Å²) in [6.07, 6.45) is -2.99. The number of hydrogen-bond donors (Lipinski definition) is 2. The summed E-state index contributed by atoms with van der Waals surface area (Å²) < 4.78 is 38.4. The Bertz CT molecular complexity index is 861. The Hall–Kier alpha value is -2.32. The molecule has 0 saturated heterocycles. The Balaban J connectivity index is 0.00000208. The van der Waals surface area contributed by atoms with E-state index in [1.807, 2.05) is 0 Å². The van der Waals surface area contributed by atoms with Crippen LogP contribution in [0.15, 0.2) is 48.0 Å². The van der Waals surface area contributed by atoms with E-state index >= 15 is 0 Å². The third kappa shape index (κ3) is 3.77. The van der Waals surface area contributed by atoms with Crippen LogP contribution in [0.5, 0.6) is 0 Å². The first-order valence-corrected chi connectivity index (χ1v) is 7.39. The van der Waals surface area contributed by atoms with Crippen molar-refractivity contribution in [1.82, 2.24) is 4.98 Å². The Morgan fingerprint density at radius 3 is 2.58 bits per heavy atom. The van der Waals surface area contributed by atoms with Gasteiger partial charge in [0.25, 0.3) is 0 Å². The maximum atomic E-state index is 12.8. The van der Waals surface area contributed by atoms with E-state index < -0.39 is 17.8 Å². The number of rotatable bonds is 2. The van der Waals surface area contributed by atoms with E-state index in [9.17, 15) is 18.0 Å². The first-order chi connectivity index (χ1) is 10.9. The van der Waals surface area contributed by atoms with Crippen LogP contribution in [0.3, 0.4) is 0 Å². The predicted molar refractivity (Wildman–Crippen MR) is 91.0 cm³/mol. The highest BCUT2D eigenvalue weighted by atomic mass is 35.5. The van der Waals surface area contributed by atoms with Crippen LogP contribution in [0.25, 0.3) is 10.9 Å². The largest absolute Gasteiger partial charge is 0.419 e. The summed E-state index contributed by atoms with van der Waals surface area (Å²) in [5.41, 5.74) is 0.285. The molecule has 2 aromatic heterocycles. The molecule has 0 fully saturated rings. The van der Waals surface area contributed by atoms with Gasteiger partial charge in [0.15, 0.2) is 0 Å². The van der Waals surface area contributed by atoms with Gasteiger partial charge in [0.1, 0.15) is 5.00 Å². The number of carbonyl (C=O) groups is 1. The van der Waals surface area contributed by atoms with E-state index in [4.69, 9.17) is 0 Å². The van der Waals surface area contributed by atoms with Gasteiger partial charge in [0.2, 0.25) is 0 Å². The molecule has 9 heteroatoms. The SMILES string of the molecule is Cl.O=C(Nc1sccc1C(F)(F)F)Nc1ccnc2ccccc12. The number of pyridine rings is 1. The molecule has 0 atom stereocenters. The van der Waals surface area contributed by atoms with Crippen molar-refractivity contribution >= 4 is 51.4 Å². The number of nitrogens with one attached hydrogen (secondary N) is 2. The molecule has 2 heterocycles. The monoisotopic (exact) mass is 373 g/mol. The average Bonchev–Trinajstić information content (AvgIpc) is 2.96. The molecule has 126 valence electrons. The van der Waals surface area contributed by atoms with Crippen LogP contribution in [-0.4, -0.2) is 11.0 Å². The van der Waals surface area contributed by atoms with E-state index in [1.165, 1.54) is 11.6 Å². The van der Waals surface area contributed by atoms with E-state index in [1.54, 1.807) is 30.3 Å². The Morgan fingerprint density at radius 1 is 1.08 bits per heavy atom. The van der Waals surface area contributed by atoms with Crippen molar-refractivity contribution in [1.29, 1.82) is 0 Å². The number of aromatic nitrogens is 1. The molecule has 0 aliphatic rings. The molecule has 2 N–H and O–H groups in total. The fourth-order valence-corrected chi connectivity index (χ4v) is 2.89. The van der Waals surface area contributed by atoms with Crippen LogP contribution in [0, 0.1) is 0 Å². The van der Waals surface area contributed by atoms with Gasteiger partial charge in [0, 0.05) is 11.6 Å². The molecule has 24 heavy (non-hydrogen) atoms. The van der Waals surface area contributed by atoms with Gasteiger partial charge in [-0.05, 0) is 23.6 Å². The molecule has 1 aromatic carbocycles. The molecule has 0 saturated carbocycles. The summed E-state index contributed by atoms with van der Waals surface area (Å²) in [5, 5.41) is 6.53. The van der Waals surface area contributed by atoms with Crippen molar-refractivity contribution in [2.24, 2.45) is 0 Å². The lowest BCUT2D eigenvalue weighted by Gasteiger charge is -2.11. The molecule has 4 nitrogen and oxygen atoms in total. The third-order valence-electron chi connectivity index (χ3n) is 3.09. The van der Waals surface area contributed by atoms with Gasteiger partial charge in [0.05, 0.1) is 16.8 Å². The summed E-state index contributed by atoms with van der Waals surface area (Å²) in [4.78, 5) is 16.2. The van der Waals surface area contributed by atoms with Gasteiger partial charge in [-0.15, -0.1) is 23.7 Å². The van der Waals surface area contributed by atoms with Crippen molar-refractivity contribution in [3.63, 3.8) is 0 Å². The highest BCUT2D eigenvalue weighted by Gasteiger charge is 2.34. The number of hydrogen-bond acceptors (Lipinski definition) is 3. The summed E-state index contributed by atoms with van der Waals surface area (Å²) in [6.45, 7) is 0. The van der Waals surface area contributed by atoms with Crippen LogP contribution in [-0.2, 0) is 6.18 Å². The lowest BCUT2D eigenvalue weighted by Crippen LogP contribution is -2.20. The molecular formula is C15H11ClF3N3OS. The summed E-state index contributed by atoms with van der Waals surface area (Å²) >= 11 is 0.815. The Kier molecular flexibility index (Phi) is 5.30. The lowest BCUT2D eigenvalue weighted by atomic mass is 10.2. The van der Waals surface area contributed by atoms with E-state index in [-0.39, 0.29) is 17.4 Å². The van der Waals surface area contributed by atoms with Crippen molar-refractivity contribution in [3.05, 3.63) is 53.5 Å². The fraction of sp³-hybridized carbons (Fsp3) is 0.0667. The normalized spacial score (nSPS) is 11.0. The number of benzene rings is 1. The van der Waals surface area contributed by atoms with E-state index in [0.717, 1.165) is 17.4 Å². The minimum atomic E-state index is -4.51. The lowest BCUT2D eigenvalue weighted by molar-refractivity contribution is -0.136. The third-order valence-corrected chi connectivity index (χ3v) is 3.92. The quantitative estimate of drug-likeness (QED) is 0.633. The number of urea groups is 1. The van der Waals surface area contributed by atoms with Gasteiger partial charge in [-0.3, -0.25) is 10.3 Å². The van der Waals surface area contributed by atoms with Gasteiger partial charge in [-0.25, -0.2) is 4.79 Å². The fourth-order valence-electron chi connectivity index (χ4n) is 2.09. The zero-order chi connectivity index (χ0) is 16.4. The maximum absolute atomic E-state index is 12.8. The van der Waals surface area contributed by atoms with Gasteiger partial charge >= 0.3 is 12.2 Å². The average molecular weight is 374 g/mol. The van der Waals surface area contributed by atoms with Gasteiger partial charge in [-0.1, -0.05) is 18.2 Å². The van der Waals surface area contributed by atoms with Crippen molar-refractivity contribution in [2.45, 2.75) is 6.18 Å². The minimum Gasteiger partial charge on any atom is -0.307 e. The molecule has 3 aromatic rings. The van der Waals surface area contributed by atoms with Gasteiger partial charge in [-0.2, -0.15) is 13.2 Å². The molecule has 0 aliphatic heterocycles. The Morgan fingerprint density at radius 2 is 1.83 bits per heavy atom. The highest BCUT2D eigenvalue weighted by Crippen LogP contribution is 2.38. The number of alkyl halides is 3. The van der Waals surface area contributed by atoms with Crippen molar-refractivity contribution in [3.8, 4) is 0 Å². The van der Waals surface area contributed by atoms with Crippen molar-refractivity contribution in [2.75, 3.05) is 10.6 Å². The molecule has 0 bridgehead atoms. The smallest absolute Gasteiger partial charge is 0.307 e. The number of anilines is 2. The molecular weight excluding hydrogens is 363 g/mol. The molecule has 0 unspecified atom stereocenters. The second-order valence-electron chi connectivity index (χ2n) is 4.62. The standard InChI is InChI=1S/C15H10F3N3OS.ClH/c16-15(17,18)10-6-8-23-13(10)21-14(22)20-12-5-7-19-11-4-2-1-3-9(11)12;/h1-8H,(H2,19,20,21,22);1H. The summed E-state index contributed by atoms with van der Waals surface area (Å²) in [7, 11) is 0. The maximum Gasteiger partial charge on any atom is 0.419 e. The number of amides is 2. The summed E-state index contributed by atoms with van der Waals surface area (Å²) in [5.74, 6) is 0. The second-order valence-corrected chi connectivity index (χ2v) is 5.53. The topological polar surface area (TPSA) is 54.0 Å². The van der Waals surface area contributed by atoms with Crippen LogP contribution in [0.4, 0.5) is 28.7 Å². The number of fused-ring (bicyclic) bond motifs is 1. The zero-order valence-electron chi connectivity index (χ0n) is 11.9. The van der Waals surface area contributed by atoms with Crippen LogP contribution < -0.4 is 10.6 Å².